The first-order valence-corrected chi connectivity index (χ1v) is 8.52. The quantitative estimate of drug-likeness (QED) is 0.501. The Morgan fingerprint density at radius 3 is 2.05 bits per heavy atom. The van der Waals surface area contributed by atoms with Crippen molar-refractivity contribution in [3.8, 4) is 0 Å². The fraction of sp³-hybridized carbons (Fsp3) is 0.867. The van der Waals surface area contributed by atoms with E-state index < -0.39 is 5.97 Å². The van der Waals surface area contributed by atoms with Crippen molar-refractivity contribution >= 4 is 22.8 Å². The molecule has 0 amide bonds. The van der Waals surface area contributed by atoms with Crippen molar-refractivity contribution in [2.45, 2.75) is 77.6 Å². The van der Waals surface area contributed by atoms with Crippen molar-refractivity contribution in [3.05, 3.63) is 0 Å². The third-order valence-corrected chi connectivity index (χ3v) is 4.05. The molecule has 0 unspecified atom stereocenters. The average molecular weight is 288 g/mol. The summed E-state index contributed by atoms with van der Waals surface area (Å²) in [4.78, 5) is 21.8. The van der Waals surface area contributed by atoms with Crippen LogP contribution in [0.1, 0.15) is 77.6 Å². The molecule has 0 heterocycles. The zero-order valence-electron chi connectivity index (χ0n) is 12.2. The molecule has 4 heteroatoms. The highest BCUT2D eigenvalue weighted by Crippen LogP contribution is 2.14. The van der Waals surface area contributed by atoms with Gasteiger partial charge in [-0.1, -0.05) is 57.2 Å². The highest BCUT2D eigenvalue weighted by atomic mass is 32.2. The van der Waals surface area contributed by atoms with Crippen LogP contribution in [0.2, 0.25) is 0 Å². The van der Waals surface area contributed by atoms with Gasteiger partial charge in [-0.15, -0.1) is 0 Å². The minimum absolute atomic E-state index is 0.215. The number of thioether (sulfide) groups is 1. The van der Waals surface area contributed by atoms with Gasteiger partial charge in [0.05, 0.1) is 0 Å². The van der Waals surface area contributed by atoms with Crippen molar-refractivity contribution in [2.24, 2.45) is 0 Å². The smallest absolute Gasteiger partial charge is 0.303 e. The van der Waals surface area contributed by atoms with Gasteiger partial charge in [0.25, 0.3) is 0 Å². The molecule has 0 spiro atoms. The molecule has 19 heavy (non-hydrogen) atoms. The molecule has 1 N–H and O–H groups in total. The predicted molar refractivity (Wildman–Crippen MR) is 81.6 cm³/mol. The second kappa shape index (κ2) is 13.9. The van der Waals surface area contributed by atoms with Crippen LogP contribution in [0.4, 0.5) is 0 Å². The summed E-state index contributed by atoms with van der Waals surface area (Å²) in [5.74, 6) is 0.0159. The molecule has 0 aliphatic carbocycles. The Bertz CT molecular complexity index is 242. The number of carbonyl (C=O) groups excluding carboxylic acids is 1. The van der Waals surface area contributed by atoms with E-state index in [2.05, 4.69) is 6.92 Å². The number of unbranched alkanes of at least 4 members (excludes halogenated alkanes) is 7. The fourth-order valence-corrected chi connectivity index (χ4v) is 2.73. The molecular weight excluding hydrogens is 260 g/mol. The Morgan fingerprint density at radius 2 is 1.42 bits per heavy atom. The van der Waals surface area contributed by atoms with Crippen LogP contribution in [-0.2, 0) is 9.59 Å². The van der Waals surface area contributed by atoms with Gasteiger partial charge in [-0.25, -0.2) is 0 Å². The van der Waals surface area contributed by atoms with Gasteiger partial charge in [0.2, 0.25) is 0 Å². The molecule has 0 saturated carbocycles. The van der Waals surface area contributed by atoms with Crippen LogP contribution in [-0.4, -0.2) is 21.9 Å². The van der Waals surface area contributed by atoms with Crippen LogP contribution in [0.5, 0.6) is 0 Å². The Hall–Kier alpha value is -0.510. The van der Waals surface area contributed by atoms with E-state index in [1.54, 1.807) is 0 Å². The van der Waals surface area contributed by atoms with E-state index in [-0.39, 0.29) is 11.5 Å². The van der Waals surface area contributed by atoms with Crippen LogP contribution >= 0.6 is 11.8 Å². The van der Waals surface area contributed by atoms with Crippen molar-refractivity contribution in [2.75, 3.05) is 5.75 Å². The third kappa shape index (κ3) is 15.4. The van der Waals surface area contributed by atoms with E-state index in [1.807, 2.05) is 0 Å². The monoisotopic (exact) mass is 288 g/mol. The van der Waals surface area contributed by atoms with E-state index in [9.17, 15) is 9.59 Å². The summed E-state index contributed by atoms with van der Waals surface area (Å²) in [6.45, 7) is 2.21. The Labute approximate surface area is 121 Å². The molecule has 0 aliphatic rings. The normalized spacial score (nSPS) is 10.6. The van der Waals surface area contributed by atoms with Gasteiger partial charge >= 0.3 is 5.97 Å². The number of hydrogen-bond donors (Lipinski definition) is 1. The minimum atomic E-state index is -0.751. The highest BCUT2D eigenvalue weighted by Gasteiger charge is 2.03. The maximum atomic E-state index is 11.5. The van der Waals surface area contributed by atoms with Crippen molar-refractivity contribution in [1.82, 2.24) is 0 Å². The Balaban J connectivity index is 3.19. The first-order valence-electron chi connectivity index (χ1n) is 7.54. The molecule has 0 aliphatic heterocycles. The summed E-state index contributed by atoms with van der Waals surface area (Å²) in [5, 5.41) is 8.74. The van der Waals surface area contributed by atoms with Crippen molar-refractivity contribution < 1.29 is 14.7 Å². The number of carbonyl (C=O) groups is 2. The molecule has 0 aromatic rings. The molecule has 3 nitrogen and oxygen atoms in total. The number of carboxylic acid groups (broad SMARTS) is 1. The maximum absolute atomic E-state index is 11.5. The molecule has 0 aromatic heterocycles. The molecule has 0 atom stereocenters. The predicted octanol–water partition coefficient (Wildman–Crippen LogP) is 4.64. The van der Waals surface area contributed by atoms with E-state index >= 15 is 0 Å². The lowest BCUT2D eigenvalue weighted by Crippen LogP contribution is -1.97. The SMILES string of the molecule is CCCCCCCCCC(=O)SCCCCC(=O)O. The molecule has 0 saturated heterocycles. The lowest BCUT2D eigenvalue weighted by atomic mass is 10.1. The van der Waals surface area contributed by atoms with Crippen LogP contribution < -0.4 is 0 Å². The first kappa shape index (κ1) is 18.5. The number of rotatable bonds is 13. The Kier molecular flexibility index (Phi) is 13.5. The van der Waals surface area contributed by atoms with E-state index in [0.717, 1.165) is 25.0 Å². The van der Waals surface area contributed by atoms with Crippen LogP contribution in [0.3, 0.4) is 0 Å². The summed E-state index contributed by atoms with van der Waals surface area (Å²) in [6, 6.07) is 0. The lowest BCUT2D eigenvalue weighted by molar-refractivity contribution is -0.137. The third-order valence-electron chi connectivity index (χ3n) is 3.03. The molecule has 0 fully saturated rings. The summed E-state index contributed by atoms with van der Waals surface area (Å²) >= 11 is 1.37. The van der Waals surface area contributed by atoms with Crippen molar-refractivity contribution in [3.63, 3.8) is 0 Å². The topological polar surface area (TPSA) is 54.4 Å². The molecule has 0 radical (unpaired) electrons. The summed E-state index contributed by atoms with van der Waals surface area (Å²) in [7, 11) is 0. The van der Waals surface area contributed by atoms with Gasteiger partial charge in [0, 0.05) is 18.6 Å². The number of aliphatic carboxylic acids is 1. The molecule has 0 bridgehead atoms. The highest BCUT2D eigenvalue weighted by molar-refractivity contribution is 8.13. The van der Waals surface area contributed by atoms with Gasteiger partial charge < -0.3 is 5.11 Å². The summed E-state index contributed by atoms with van der Waals surface area (Å²) in [5.41, 5.74) is 0. The molecule has 0 aromatic carbocycles. The first-order chi connectivity index (χ1) is 9.16. The van der Waals surface area contributed by atoms with E-state index in [4.69, 9.17) is 5.11 Å². The van der Waals surface area contributed by atoms with Crippen LogP contribution in [0.25, 0.3) is 0 Å². The number of hydrogen-bond acceptors (Lipinski definition) is 3. The average Bonchev–Trinajstić information content (AvgIpc) is 2.37. The summed E-state index contributed by atoms with van der Waals surface area (Å²) < 4.78 is 0. The minimum Gasteiger partial charge on any atom is -0.481 e. The molecule has 112 valence electrons. The van der Waals surface area contributed by atoms with Gasteiger partial charge in [0.15, 0.2) is 5.12 Å². The second-order valence-electron chi connectivity index (χ2n) is 4.94. The van der Waals surface area contributed by atoms with Crippen LogP contribution in [0, 0.1) is 0 Å². The standard InChI is InChI=1S/C15H28O3S/c1-2-3-4-5-6-7-8-12-15(18)19-13-10-9-11-14(16)17/h2-13H2,1H3,(H,16,17). The zero-order valence-corrected chi connectivity index (χ0v) is 13.0. The van der Waals surface area contributed by atoms with Crippen LogP contribution in [0.15, 0.2) is 0 Å². The largest absolute Gasteiger partial charge is 0.481 e. The lowest BCUT2D eigenvalue weighted by Gasteiger charge is -2.02. The maximum Gasteiger partial charge on any atom is 0.303 e. The second-order valence-corrected chi connectivity index (χ2v) is 6.09. The fourth-order valence-electron chi connectivity index (χ4n) is 1.86. The van der Waals surface area contributed by atoms with Gasteiger partial charge in [-0.05, 0) is 19.3 Å². The van der Waals surface area contributed by atoms with Gasteiger partial charge in [0.1, 0.15) is 0 Å². The zero-order chi connectivity index (χ0) is 14.3. The van der Waals surface area contributed by atoms with E-state index in [0.29, 0.717) is 12.8 Å². The van der Waals surface area contributed by atoms with Crippen molar-refractivity contribution in [1.29, 1.82) is 0 Å². The number of carboxylic acids is 1. The Morgan fingerprint density at radius 1 is 0.842 bits per heavy atom. The van der Waals surface area contributed by atoms with E-state index in [1.165, 1.54) is 43.9 Å². The molecular formula is C15H28O3S. The summed E-state index contributed by atoms with van der Waals surface area (Å²) in [6.07, 6.45) is 11.0. The molecule has 0 rings (SSSR count). The van der Waals surface area contributed by atoms with Gasteiger partial charge in [-0.3, -0.25) is 9.59 Å². The van der Waals surface area contributed by atoms with Gasteiger partial charge in [-0.2, -0.15) is 0 Å².